The molecule has 0 unspecified atom stereocenters. The first-order valence-corrected chi connectivity index (χ1v) is 5.76. The average Bonchev–Trinajstić information content (AvgIpc) is 2.35. The number of hydrogen-bond acceptors (Lipinski definition) is 3. The quantitative estimate of drug-likeness (QED) is 0.827. The summed E-state index contributed by atoms with van der Waals surface area (Å²) in [5, 5.41) is 11.3. The second-order valence-corrected chi connectivity index (χ2v) is 4.21. The Bertz CT molecular complexity index is 426. The lowest BCUT2D eigenvalue weighted by Gasteiger charge is -2.14. The van der Waals surface area contributed by atoms with E-state index in [-0.39, 0.29) is 5.91 Å². The van der Waals surface area contributed by atoms with Gasteiger partial charge in [0.2, 0.25) is 0 Å². The number of rotatable bonds is 5. The number of anilines is 1. The van der Waals surface area contributed by atoms with Crippen molar-refractivity contribution >= 4 is 17.6 Å². The van der Waals surface area contributed by atoms with E-state index >= 15 is 0 Å². The third-order valence-electron chi connectivity index (χ3n) is 2.66. The predicted molar refractivity (Wildman–Crippen MR) is 70.0 cm³/mol. The number of benzene rings is 1. The molecule has 0 heterocycles. The average molecular weight is 250 g/mol. The topological polar surface area (TPSA) is 69.6 Å². The van der Waals surface area contributed by atoms with Gasteiger partial charge in [-0.05, 0) is 30.7 Å². The Morgan fingerprint density at radius 3 is 2.22 bits per heavy atom. The van der Waals surface area contributed by atoms with Crippen LogP contribution in [0.25, 0.3) is 0 Å². The highest BCUT2D eigenvalue weighted by molar-refractivity contribution is 5.96. The second kappa shape index (κ2) is 6.05. The zero-order valence-electron chi connectivity index (χ0n) is 10.8. The number of nitrogens with one attached hydrogen (secondary N) is 1. The molecular weight excluding hydrogens is 232 g/mol. The molecule has 0 saturated carbocycles. The van der Waals surface area contributed by atoms with E-state index in [1.807, 2.05) is 31.1 Å². The SMILES string of the molecule is CC[C@H](NC(=O)c1ccc(N(C)C)cc1)C(=O)O. The Hall–Kier alpha value is -2.04. The summed E-state index contributed by atoms with van der Waals surface area (Å²) in [5.74, 6) is -1.38. The lowest BCUT2D eigenvalue weighted by atomic mass is 10.1. The van der Waals surface area contributed by atoms with Gasteiger partial charge in [-0.3, -0.25) is 4.79 Å². The largest absolute Gasteiger partial charge is 0.480 e. The molecule has 0 aliphatic carbocycles. The van der Waals surface area contributed by atoms with Crippen LogP contribution in [-0.4, -0.2) is 37.1 Å². The molecule has 0 bridgehead atoms. The fourth-order valence-corrected chi connectivity index (χ4v) is 1.49. The fraction of sp³-hybridized carbons (Fsp3) is 0.385. The molecule has 1 aromatic carbocycles. The summed E-state index contributed by atoms with van der Waals surface area (Å²) in [4.78, 5) is 24.6. The van der Waals surface area contributed by atoms with Crippen molar-refractivity contribution < 1.29 is 14.7 Å². The standard InChI is InChI=1S/C13H18N2O3/c1-4-11(13(17)18)14-12(16)9-5-7-10(8-6-9)15(2)3/h5-8,11H,4H2,1-3H3,(H,14,16)(H,17,18)/t11-/m0/s1. The maximum absolute atomic E-state index is 11.8. The highest BCUT2D eigenvalue weighted by Crippen LogP contribution is 2.12. The van der Waals surface area contributed by atoms with Gasteiger partial charge >= 0.3 is 5.97 Å². The molecule has 0 spiro atoms. The number of carbonyl (C=O) groups is 2. The maximum atomic E-state index is 11.8. The second-order valence-electron chi connectivity index (χ2n) is 4.21. The van der Waals surface area contributed by atoms with Crippen molar-refractivity contribution in [3.05, 3.63) is 29.8 Å². The first-order valence-electron chi connectivity index (χ1n) is 5.76. The van der Waals surface area contributed by atoms with Crippen LogP contribution in [0, 0.1) is 0 Å². The van der Waals surface area contributed by atoms with Crippen LogP contribution in [0.3, 0.4) is 0 Å². The van der Waals surface area contributed by atoms with Crippen LogP contribution in [0.2, 0.25) is 0 Å². The summed E-state index contributed by atoms with van der Waals surface area (Å²) >= 11 is 0. The minimum Gasteiger partial charge on any atom is -0.480 e. The minimum absolute atomic E-state index is 0.358. The van der Waals surface area contributed by atoms with Gasteiger partial charge in [0.1, 0.15) is 6.04 Å². The van der Waals surface area contributed by atoms with Gasteiger partial charge in [-0.2, -0.15) is 0 Å². The first kappa shape index (κ1) is 14.0. The normalized spacial score (nSPS) is 11.7. The number of nitrogens with zero attached hydrogens (tertiary/aromatic N) is 1. The number of carboxylic acids is 1. The molecule has 0 aromatic heterocycles. The molecule has 5 nitrogen and oxygen atoms in total. The predicted octanol–water partition coefficient (Wildman–Crippen LogP) is 1.35. The smallest absolute Gasteiger partial charge is 0.326 e. The van der Waals surface area contributed by atoms with Crippen LogP contribution in [-0.2, 0) is 4.79 Å². The molecule has 1 amide bonds. The van der Waals surface area contributed by atoms with E-state index in [2.05, 4.69) is 5.32 Å². The molecule has 1 aromatic rings. The molecule has 18 heavy (non-hydrogen) atoms. The van der Waals surface area contributed by atoms with E-state index in [0.717, 1.165) is 5.69 Å². The number of amides is 1. The number of carboxylic acid groups (broad SMARTS) is 1. The molecule has 0 saturated heterocycles. The monoisotopic (exact) mass is 250 g/mol. The molecule has 0 radical (unpaired) electrons. The van der Waals surface area contributed by atoms with Crippen LogP contribution >= 0.6 is 0 Å². The molecule has 1 atom stereocenters. The fourth-order valence-electron chi connectivity index (χ4n) is 1.49. The molecule has 0 fully saturated rings. The van der Waals surface area contributed by atoms with E-state index in [9.17, 15) is 9.59 Å². The van der Waals surface area contributed by atoms with Crippen molar-refractivity contribution in [3.8, 4) is 0 Å². The summed E-state index contributed by atoms with van der Waals surface area (Å²) in [6.07, 6.45) is 0.358. The van der Waals surface area contributed by atoms with Crippen LogP contribution < -0.4 is 10.2 Å². The molecule has 1 rings (SSSR count). The summed E-state index contributed by atoms with van der Waals surface area (Å²) in [5.41, 5.74) is 1.44. The van der Waals surface area contributed by atoms with Gasteiger partial charge < -0.3 is 15.3 Å². The van der Waals surface area contributed by atoms with Crippen molar-refractivity contribution in [2.24, 2.45) is 0 Å². The van der Waals surface area contributed by atoms with Crippen LogP contribution in [0.15, 0.2) is 24.3 Å². The third kappa shape index (κ3) is 3.48. The summed E-state index contributed by atoms with van der Waals surface area (Å²) in [6, 6.07) is 6.15. The summed E-state index contributed by atoms with van der Waals surface area (Å²) in [6.45, 7) is 1.72. The Morgan fingerprint density at radius 2 is 1.83 bits per heavy atom. The minimum atomic E-state index is -1.02. The van der Waals surface area contributed by atoms with Crippen molar-refractivity contribution in [3.63, 3.8) is 0 Å². The van der Waals surface area contributed by atoms with Gasteiger partial charge in [0.05, 0.1) is 0 Å². The Labute approximate surface area is 106 Å². The maximum Gasteiger partial charge on any atom is 0.326 e. The van der Waals surface area contributed by atoms with E-state index in [1.54, 1.807) is 19.1 Å². The zero-order chi connectivity index (χ0) is 13.7. The molecule has 98 valence electrons. The molecule has 2 N–H and O–H groups in total. The zero-order valence-corrected chi connectivity index (χ0v) is 10.8. The Morgan fingerprint density at radius 1 is 1.28 bits per heavy atom. The van der Waals surface area contributed by atoms with E-state index in [4.69, 9.17) is 5.11 Å². The van der Waals surface area contributed by atoms with Crippen molar-refractivity contribution in [2.45, 2.75) is 19.4 Å². The highest BCUT2D eigenvalue weighted by atomic mass is 16.4. The third-order valence-corrected chi connectivity index (χ3v) is 2.66. The summed E-state index contributed by atoms with van der Waals surface area (Å²) < 4.78 is 0. The van der Waals surface area contributed by atoms with E-state index < -0.39 is 12.0 Å². The van der Waals surface area contributed by atoms with Crippen LogP contribution in [0.5, 0.6) is 0 Å². The van der Waals surface area contributed by atoms with Gasteiger partial charge in [-0.1, -0.05) is 6.92 Å². The van der Waals surface area contributed by atoms with Gasteiger partial charge in [0.25, 0.3) is 5.91 Å². The molecule has 0 aliphatic heterocycles. The van der Waals surface area contributed by atoms with Crippen LogP contribution in [0.4, 0.5) is 5.69 Å². The molecule has 5 heteroatoms. The lowest BCUT2D eigenvalue weighted by molar-refractivity contribution is -0.139. The Balaban J connectivity index is 2.75. The van der Waals surface area contributed by atoms with E-state index in [0.29, 0.717) is 12.0 Å². The first-order chi connectivity index (χ1) is 8.45. The van der Waals surface area contributed by atoms with Gasteiger partial charge in [-0.15, -0.1) is 0 Å². The van der Waals surface area contributed by atoms with Gasteiger partial charge in [-0.25, -0.2) is 4.79 Å². The molecular formula is C13H18N2O3. The van der Waals surface area contributed by atoms with Gasteiger partial charge in [0, 0.05) is 25.3 Å². The highest BCUT2D eigenvalue weighted by Gasteiger charge is 2.18. The number of hydrogen-bond donors (Lipinski definition) is 2. The summed E-state index contributed by atoms with van der Waals surface area (Å²) in [7, 11) is 3.82. The number of carbonyl (C=O) groups excluding carboxylic acids is 1. The van der Waals surface area contributed by atoms with Gasteiger partial charge in [0.15, 0.2) is 0 Å². The Kier molecular flexibility index (Phi) is 4.71. The van der Waals surface area contributed by atoms with Crippen molar-refractivity contribution in [1.82, 2.24) is 5.32 Å². The van der Waals surface area contributed by atoms with Crippen LogP contribution in [0.1, 0.15) is 23.7 Å². The van der Waals surface area contributed by atoms with E-state index in [1.165, 1.54) is 0 Å². The van der Waals surface area contributed by atoms with Crippen molar-refractivity contribution in [1.29, 1.82) is 0 Å². The number of aliphatic carboxylic acids is 1. The lowest BCUT2D eigenvalue weighted by Crippen LogP contribution is -2.40. The van der Waals surface area contributed by atoms with Crippen molar-refractivity contribution in [2.75, 3.05) is 19.0 Å². The molecule has 0 aliphatic rings.